The predicted octanol–water partition coefficient (Wildman–Crippen LogP) is 3.29. The molecule has 2 heterocycles. The number of nitrogens with zero attached hydrogens (tertiary/aromatic N) is 3. The van der Waals surface area contributed by atoms with Crippen molar-refractivity contribution < 1.29 is 36.6 Å². The zero-order chi connectivity index (χ0) is 25.1. The van der Waals surface area contributed by atoms with E-state index in [4.69, 9.17) is 4.74 Å². The summed E-state index contributed by atoms with van der Waals surface area (Å²) in [4.78, 5) is 27.3. The molecule has 0 spiro atoms. The van der Waals surface area contributed by atoms with Gasteiger partial charge in [-0.25, -0.2) is 8.78 Å². The number of nitrogens with one attached hydrogen (secondary N) is 1. The Kier molecular flexibility index (Phi) is 6.80. The van der Waals surface area contributed by atoms with Gasteiger partial charge in [0, 0.05) is 41.9 Å². The van der Waals surface area contributed by atoms with Crippen LogP contribution in [0.3, 0.4) is 0 Å². The van der Waals surface area contributed by atoms with Crippen molar-refractivity contribution >= 4 is 17.6 Å². The fourth-order valence-corrected chi connectivity index (χ4v) is 3.84. The second kappa shape index (κ2) is 9.95. The Labute approximate surface area is 196 Å². The van der Waals surface area contributed by atoms with Crippen LogP contribution >= 0.6 is 0 Å². The third-order valence-corrected chi connectivity index (χ3v) is 5.44. The fraction of sp³-hybridized carbons (Fsp3) is 0.217. The summed E-state index contributed by atoms with van der Waals surface area (Å²) in [5.41, 5.74) is -0.386. The lowest BCUT2D eigenvalue weighted by Crippen LogP contribution is -2.44. The molecule has 1 aliphatic rings. The van der Waals surface area contributed by atoms with Crippen LogP contribution in [-0.2, 0) is 4.79 Å². The first kappa shape index (κ1) is 23.9. The van der Waals surface area contributed by atoms with Gasteiger partial charge in [0.2, 0.25) is 0 Å². The molecule has 182 valence electrons. The fourth-order valence-electron chi connectivity index (χ4n) is 3.84. The predicted molar refractivity (Wildman–Crippen MR) is 114 cm³/mol. The topological polar surface area (TPSA) is 93.6 Å². The molecule has 35 heavy (non-hydrogen) atoms. The van der Waals surface area contributed by atoms with E-state index in [-0.39, 0.29) is 29.4 Å². The van der Waals surface area contributed by atoms with Gasteiger partial charge in [0.15, 0.2) is 5.82 Å². The zero-order valence-corrected chi connectivity index (χ0v) is 18.1. The van der Waals surface area contributed by atoms with Crippen LogP contribution < -0.4 is 19.7 Å². The van der Waals surface area contributed by atoms with E-state index < -0.39 is 47.6 Å². The maximum atomic E-state index is 14.9. The maximum absolute atomic E-state index is 14.9. The normalized spacial score (nSPS) is 17.5. The van der Waals surface area contributed by atoms with Gasteiger partial charge in [-0.15, -0.1) is 5.10 Å². The van der Waals surface area contributed by atoms with Crippen molar-refractivity contribution in [1.82, 2.24) is 15.5 Å². The maximum Gasteiger partial charge on any atom is 0.387 e. The van der Waals surface area contributed by atoms with Crippen LogP contribution in [-0.4, -0.2) is 48.3 Å². The van der Waals surface area contributed by atoms with Gasteiger partial charge in [0.05, 0.1) is 7.11 Å². The summed E-state index contributed by atoms with van der Waals surface area (Å²) in [5, 5.41) is 10.1. The minimum Gasteiger partial charge on any atom is -0.497 e. The van der Waals surface area contributed by atoms with Crippen LogP contribution in [0.1, 0.15) is 21.8 Å². The first-order valence-electron chi connectivity index (χ1n) is 10.3. The Bertz CT molecular complexity index is 1200. The molecule has 2 atom stereocenters. The summed E-state index contributed by atoms with van der Waals surface area (Å²) in [7, 11) is 1.25. The summed E-state index contributed by atoms with van der Waals surface area (Å²) >= 11 is 0. The first-order chi connectivity index (χ1) is 16.8. The van der Waals surface area contributed by atoms with Crippen molar-refractivity contribution in [3.05, 3.63) is 77.5 Å². The van der Waals surface area contributed by atoms with E-state index in [1.807, 2.05) is 0 Å². The lowest BCUT2D eigenvalue weighted by molar-refractivity contribution is -0.118. The Morgan fingerprint density at radius 1 is 1.11 bits per heavy atom. The Hall–Kier alpha value is -4.22. The van der Waals surface area contributed by atoms with Crippen LogP contribution in [0.25, 0.3) is 0 Å². The van der Waals surface area contributed by atoms with Crippen molar-refractivity contribution in [2.24, 2.45) is 0 Å². The summed E-state index contributed by atoms with van der Waals surface area (Å²) in [6.07, 6.45) is 1.39. The summed E-state index contributed by atoms with van der Waals surface area (Å²) in [5.74, 6) is -4.51. The van der Waals surface area contributed by atoms with E-state index >= 15 is 0 Å². The van der Waals surface area contributed by atoms with Crippen molar-refractivity contribution in [2.45, 2.75) is 18.6 Å². The molecule has 1 N–H and O–H groups in total. The second-order valence-corrected chi connectivity index (χ2v) is 7.50. The number of carbonyl (C=O) groups excluding carboxylic acids is 2. The lowest BCUT2D eigenvalue weighted by Gasteiger charge is -2.20. The van der Waals surface area contributed by atoms with Crippen molar-refractivity contribution in [3.63, 3.8) is 0 Å². The number of ether oxygens (including phenoxy) is 2. The van der Waals surface area contributed by atoms with Gasteiger partial charge in [-0.1, -0.05) is 0 Å². The smallest absolute Gasteiger partial charge is 0.387 e. The Balaban J connectivity index is 1.66. The summed E-state index contributed by atoms with van der Waals surface area (Å²) in [6, 6.07) is 8.38. The molecule has 0 aliphatic carbocycles. The minimum atomic E-state index is -3.03. The number of hydrogen-bond donors (Lipinski definition) is 1. The number of benzene rings is 2. The summed E-state index contributed by atoms with van der Waals surface area (Å²) < 4.78 is 63.7. The molecule has 1 saturated heterocycles. The van der Waals surface area contributed by atoms with E-state index in [0.717, 1.165) is 24.3 Å². The van der Waals surface area contributed by atoms with Gasteiger partial charge < -0.3 is 14.8 Å². The average Bonchev–Trinajstić information content (AvgIpc) is 3.14. The zero-order valence-electron chi connectivity index (χ0n) is 18.1. The molecule has 0 saturated carbocycles. The highest BCUT2D eigenvalue weighted by Gasteiger charge is 2.45. The summed E-state index contributed by atoms with van der Waals surface area (Å²) in [6.45, 7) is -3.23. The van der Waals surface area contributed by atoms with E-state index in [1.165, 1.54) is 42.5 Å². The molecule has 8 nitrogen and oxygen atoms in total. The van der Waals surface area contributed by atoms with E-state index in [9.17, 15) is 27.2 Å². The highest BCUT2D eigenvalue weighted by molar-refractivity contribution is 6.04. The second-order valence-electron chi connectivity index (χ2n) is 7.50. The van der Waals surface area contributed by atoms with Gasteiger partial charge in [0.25, 0.3) is 11.8 Å². The van der Waals surface area contributed by atoms with Crippen LogP contribution in [0.15, 0.2) is 54.7 Å². The number of alkyl halides is 2. The number of halogens is 4. The number of aromatic nitrogens is 2. The molecular weight excluding hydrogens is 472 g/mol. The van der Waals surface area contributed by atoms with Crippen LogP contribution in [0, 0.1) is 11.6 Å². The largest absolute Gasteiger partial charge is 0.497 e. The highest BCUT2D eigenvalue weighted by atomic mass is 19.3. The number of hydrogen-bond acceptors (Lipinski definition) is 6. The third-order valence-electron chi connectivity index (χ3n) is 5.44. The molecule has 0 radical (unpaired) electrons. The van der Waals surface area contributed by atoms with Gasteiger partial charge >= 0.3 is 6.61 Å². The standard InChI is InChI=1S/C23H18F4N4O4/c1-34-14-9-16(24)19(17(25)10-14)15-11-31(18-3-2-8-28-30-18)22(33)20(15)29-21(32)12-4-6-13(7-5-12)35-23(26)27/h2-10,15,20,23H,11H2,1H3,(H,29,32)/t15-,20?/m0/s1. The Morgan fingerprint density at radius 3 is 2.37 bits per heavy atom. The van der Waals surface area contributed by atoms with E-state index in [2.05, 4.69) is 20.3 Å². The molecule has 1 aromatic heterocycles. The van der Waals surface area contributed by atoms with Gasteiger partial charge in [-0.05, 0) is 36.4 Å². The average molecular weight is 490 g/mol. The highest BCUT2D eigenvalue weighted by Crippen LogP contribution is 2.36. The third kappa shape index (κ3) is 5.00. The molecule has 12 heteroatoms. The molecule has 3 aromatic rings. The molecule has 2 amide bonds. The number of carbonyl (C=O) groups is 2. The SMILES string of the molecule is COc1cc(F)c([C@@H]2CN(c3cccnn3)C(=O)C2NC(=O)c2ccc(OC(F)F)cc2)c(F)c1. The lowest BCUT2D eigenvalue weighted by atomic mass is 9.92. The molecule has 0 bridgehead atoms. The number of methoxy groups -OCH3 is 1. The number of amides is 2. The first-order valence-corrected chi connectivity index (χ1v) is 10.3. The van der Waals surface area contributed by atoms with Crippen molar-refractivity contribution in [2.75, 3.05) is 18.6 Å². The molecule has 1 aliphatic heterocycles. The van der Waals surface area contributed by atoms with Crippen LogP contribution in [0.5, 0.6) is 11.5 Å². The van der Waals surface area contributed by atoms with Gasteiger partial charge in [-0.2, -0.15) is 13.9 Å². The quantitative estimate of drug-likeness (QED) is 0.511. The van der Waals surface area contributed by atoms with Gasteiger partial charge in [-0.3, -0.25) is 14.5 Å². The van der Waals surface area contributed by atoms with E-state index in [0.29, 0.717) is 0 Å². The Morgan fingerprint density at radius 2 is 1.80 bits per heavy atom. The minimum absolute atomic E-state index is 0.0202. The van der Waals surface area contributed by atoms with Crippen molar-refractivity contribution in [1.29, 1.82) is 0 Å². The van der Waals surface area contributed by atoms with Crippen LogP contribution in [0.2, 0.25) is 0 Å². The monoisotopic (exact) mass is 490 g/mol. The van der Waals surface area contributed by atoms with Crippen LogP contribution in [0.4, 0.5) is 23.4 Å². The molecule has 4 rings (SSSR count). The van der Waals surface area contributed by atoms with Gasteiger partial charge in [0.1, 0.15) is 29.2 Å². The molecule has 1 unspecified atom stereocenters. The van der Waals surface area contributed by atoms with E-state index in [1.54, 1.807) is 0 Å². The molecular formula is C23H18F4N4O4. The molecule has 2 aromatic carbocycles. The number of rotatable bonds is 7. The van der Waals surface area contributed by atoms with Crippen molar-refractivity contribution in [3.8, 4) is 11.5 Å². The molecule has 1 fully saturated rings. The number of anilines is 1.